The molecule has 0 radical (unpaired) electrons. The van der Waals surface area contributed by atoms with Gasteiger partial charge < -0.3 is 25.7 Å². The van der Waals surface area contributed by atoms with E-state index in [0.29, 0.717) is 0 Å². The van der Waals surface area contributed by atoms with Crippen LogP contribution in [0.2, 0.25) is 0 Å². The highest BCUT2D eigenvalue weighted by molar-refractivity contribution is 8.14. The molecule has 11 nitrogen and oxygen atoms in total. The molecule has 1 aromatic rings. The number of hydrogen-bond acceptors (Lipinski definition) is 10. The van der Waals surface area contributed by atoms with Crippen molar-refractivity contribution < 1.29 is 28.7 Å². The van der Waals surface area contributed by atoms with Crippen molar-refractivity contribution in [2.24, 2.45) is 0 Å². The third-order valence-electron chi connectivity index (χ3n) is 4.62. The zero-order chi connectivity index (χ0) is 27.4. The molecule has 0 saturated heterocycles. The Hall–Kier alpha value is -3.19. The summed E-state index contributed by atoms with van der Waals surface area (Å²) in [5.74, 6) is -2.14. The molecule has 1 rings (SSSR count). The van der Waals surface area contributed by atoms with E-state index >= 15 is 0 Å². The minimum atomic E-state index is -1.03. The van der Waals surface area contributed by atoms with Crippen molar-refractivity contribution in [1.29, 1.82) is 10.8 Å². The molecule has 0 spiro atoms. The Labute approximate surface area is 219 Å². The lowest BCUT2D eigenvalue weighted by Crippen LogP contribution is -2.43. The summed E-state index contributed by atoms with van der Waals surface area (Å²) < 4.78 is 5.32. The van der Waals surface area contributed by atoms with Crippen LogP contribution in [0.3, 0.4) is 0 Å². The van der Waals surface area contributed by atoms with E-state index in [9.17, 15) is 24.0 Å². The summed E-state index contributed by atoms with van der Waals surface area (Å²) >= 11 is 4.78. The number of thiol groups is 1. The molecule has 2 amide bonds. The van der Waals surface area contributed by atoms with E-state index in [-0.39, 0.29) is 47.2 Å². The lowest BCUT2D eigenvalue weighted by molar-refractivity contribution is -0.138. The van der Waals surface area contributed by atoms with Gasteiger partial charge >= 0.3 is 5.97 Å². The van der Waals surface area contributed by atoms with Gasteiger partial charge in [-0.15, -0.1) is 0 Å². The van der Waals surface area contributed by atoms with Gasteiger partial charge in [0, 0.05) is 58.0 Å². The van der Waals surface area contributed by atoms with Crippen LogP contribution in [0.5, 0.6) is 5.75 Å². The smallest absolute Gasteiger partial charge is 0.334 e. The molecule has 0 aliphatic heterocycles. The summed E-state index contributed by atoms with van der Waals surface area (Å²) in [6, 6.07) is 3.97. The van der Waals surface area contributed by atoms with E-state index in [1.165, 1.54) is 30.9 Å². The van der Waals surface area contributed by atoms with Gasteiger partial charge in [0.15, 0.2) is 5.78 Å². The lowest BCUT2D eigenvalue weighted by atomic mass is 10.1. The van der Waals surface area contributed by atoms with Crippen LogP contribution in [-0.4, -0.2) is 82.8 Å². The summed E-state index contributed by atoms with van der Waals surface area (Å²) in [6.07, 6.45) is -0.291. The first-order valence-electron chi connectivity index (χ1n) is 10.8. The number of ketones is 1. The number of carbonyl (C=O) groups excluding carboxylic acids is 5. The average molecular weight is 538 g/mol. The molecule has 196 valence electrons. The van der Waals surface area contributed by atoms with Gasteiger partial charge in [-0.25, -0.2) is 4.79 Å². The van der Waals surface area contributed by atoms with E-state index in [0.717, 1.165) is 11.8 Å². The first kappa shape index (κ1) is 30.8. The zero-order valence-corrected chi connectivity index (χ0v) is 22.3. The number of rotatable bonds is 13. The van der Waals surface area contributed by atoms with Crippen molar-refractivity contribution in [2.45, 2.75) is 38.8 Å². The largest absolute Gasteiger partial charge is 0.424 e. The highest BCUT2D eigenvalue weighted by Gasteiger charge is 2.26. The van der Waals surface area contributed by atoms with Crippen LogP contribution in [0.4, 0.5) is 0 Å². The second-order valence-corrected chi connectivity index (χ2v) is 9.33. The molecule has 0 aliphatic carbocycles. The SMILES string of the molecule is CC(=O)NC(CSC(=O)c1ccccc1OC(=O)C(CS)NC(C)=O)C(=O)CC(=N)CC(=N)N(C)C. The van der Waals surface area contributed by atoms with Gasteiger partial charge in [-0.1, -0.05) is 23.9 Å². The van der Waals surface area contributed by atoms with Gasteiger partial charge in [0.2, 0.25) is 16.9 Å². The summed E-state index contributed by atoms with van der Waals surface area (Å²) in [6.45, 7) is 2.49. The van der Waals surface area contributed by atoms with E-state index < -0.39 is 40.8 Å². The first-order chi connectivity index (χ1) is 16.8. The number of hydrogen-bond donors (Lipinski definition) is 5. The molecule has 36 heavy (non-hydrogen) atoms. The Morgan fingerprint density at radius 1 is 1.00 bits per heavy atom. The maximum absolute atomic E-state index is 12.9. The molecule has 1 aromatic carbocycles. The van der Waals surface area contributed by atoms with Crippen LogP contribution in [0.1, 0.15) is 37.0 Å². The molecular weight excluding hydrogens is 506 g/mol. The molecular formula is C23H31N5O6S2. The molecule has 0 aliphatic rings. The minimum absolute atomic E-state index is 0.00714. The van der Waals surface area contributed by atoms with Crippen LogP contribution in [0.25, 0.3) is 0 Å². The van der Waals surface area contributed by atoms with Crippen LogP contribution < -0.4 is 15.4 Å². The summed E-state index contributed by atoms with van der Waals surface area (Å²) in [5.41, 5.74) is 0.0818. The van der Waals surface area contributed by atoms with Gasteiger partial charge in [-0.2, -0.15) is 12.6 Å². The van der Waals surface area contributed by atoms with Gasteiger partial charge in [0.1, 0.15) is 17.6 Å². The maximum atomic E-state index is 12.9. The van der Waals surface area contributed by atoms with E-state index in [1.807, 2.05) is 0 Å². The highest BCUT2D eigenvalue weighted by atomic mass is 32.2. The molecule has 0 heterocycles. The normalized spacial score (nSPS) is 12.0. The molecule has 0 aromatic heterocycles. The number of thioether (sulfide) groups is 1. The number of carbonyl (C=O) groups is 5. The zero-order valence-electron chi connectivity index (χ0n) is 20.5. The number of Topliss-reactive ketones (excluding diaryl/α,β-unsaturated/α-hetero) is 1. The van der Waals surface area contributed by atoms with E-state index in [1.54, 1.807) is 26.2 Å². The predicted molar refractivity (Wildman–Crippen MR) is 141 cm³/mol. The highest BCUT2D eigenvalue weighted by Crippen LogP contribution is 2.24. The van der Waals surface area contributed by atoms with Crippen molar-refractivity contribution in [2.75, 3.05) is 25.6 Å². The molecule has 2 atom stereocenters. The van der Waals surface area contributed by atoms with Gasteiger partial charge in [0.05, 0.1) is 11.6 Å². The molecule has 0 bridgehead atoms. The van der Waals surface area contributed by atoms with Gasteiger partial charge in [-0.05, 0) is 12.1 Å². The Bertz CT molecular complexity index is 1030. The second kappa shape index (κ2) is 15.0. The number of esters is 1. The minimum Gasteiger partial charge on any atom is -0.424 e. The molecule has 0 saturated carbocycles. The van der Waals surface area contributed by atoms with E-state index in [2.05, 4.69) is 23.3 Å². The summed E-state index contributed by atoms with van der Waals surface area (Å²) in [4.78, 5) is 62.5. The molecule has 13 heteroatoms. The van der Waals surface area contributed by atoms with Crippen LogP contribution >= 0.6 is 24.4 Å². The number of amidine groups is 1. The van der Waals surface area contributed by atoms with Crippen molar-refractivity contribution >= 4 is 64.6 Å². The van der Waals surface area contributed by atoms with Crippen molar-refractivity contribution in [3.63, 3.8) is 0 Å². The standard InChI is InChI=1S/C23H31N5O6S2/c1-13(29)26-17(11-35)22(32)34-20-8-6-5-7-16(20)23(33)36-12-18(27-14(2)30)19(31)9-15(24)10-21(25)28(3)4/h5-8,17-18,24-25,35H,9-12H2,1-4H3,(H,26,29)(H,27,30). The van der Waals surface area contributed by atoms with Crippen LogP contribution in [0, 0.1) is 10.8 Å². The molecule has 4 N–H and O–H groups in total. The third-order valence-corrected chi connectivity index (χ3v) is 5.96. The average Bonchev–Trinajstić information content (AvgIpc) is 2.79. The van der Waals surface area contributed by atoms with Crippen LogP contribution in [-0.2, 0) is 19.2 Å². The number of nitrogens with one attached hydrogen (secondary N) is 4. The van der Waals surface area contributed by atoms with Crippen molar-refractivity contribution in [3.8, 4) is 5.75 Å². The fourth-order valence-electron chi connectivity index (χ4n) is 2.78. The Kier molecular flexibility index (Phi) is 12.9. The van der Waals surface area contributed by atoms with Gasteiger partial charge in [-0.3, -0.25) is 24.6 Å². The predicted octanol–water partition coefficient (Wildman–Crippen LogP) is 1.31. The summed E-state index contributed by atoms with van der Waals surface area (Å²) in [7, 11) is 3.32. The number of para-hydroxylation sites is 1. The topological polar surface area (TPSA) is 170 Å². The van der Waals surface area contributed by atoms with Crippen molar-refractivity contribution in [3.05, 3.63) is 29.8 Å². The number of ether oxygens (including phenoxy) is 1. The quantitative estimate of drug-likeness (QED) is 0.0825. The fourth-order valence-corrected chi connectivity index (χ4v) is 3.93. The Morgan fingerprint density at radius 3 is 2.14 bits per heavy atom. The second-order valence-electron chi connectivity index (χ2n) is 7.97. The summed E-state index contributed by atoms with van der Waals surface area (Å²) in [5, 5.41) is 20.2. The maximum Gasteiger partial charge on any atom is 0.334 e. The van der Waals surface area contributed by atoms with Crippen LogP contribution in [0.15, 0.2) is 24.3 Å². The lowest BCUT2D eigenvalue weighted by Gasteiger charge is -2.18. The fraction of sp³-hybridized carbons (Fsp3) is 0.435. The first-order valence-corrected chi connectivity index (χ1v) is 12.4. The number of nitrogens with zero attached hydrogens (tertiary/aromatic N) is 1. The Balaban J connectivity index is 2.91. The van der Waals surface area contributed by atoms with Crippen molar-refractivity contribution in [1.82, 2.24) is 15.5 Å². The van der Waals surface area contributed by atoms with Gasteiger partial charge in [0.25, 0.3) is 0 Å². The third kappa shape index (κ3) is 10.6. The van der Waals surface area contributed by atoms with E-state index in [4.69, 9.17) is 15.6 Å². The monoisotopic (exact) mass is 537 g/mol. The molecule has 0 fully saturated rings. The number of benzene rings is 1. The Morgan fingerprint density at radius 2 is 1.58 bits per heavy atom. The molecule has 2 unspecified atom stereocenters. The number of amides is 2.